The summed E-state index contributed by atoms with van der Waals surface area (Å²) in [6, 6.07) is 6.68. The first-order chi connectivity index (χ1) is 11.5. The maximum absolute atomic E-state index is 12.9. The van der Waals surface area contributed by atoms with Gasteiger partial charge in [-0.05, 0) is 44.4 Å². The van der Waals surface area contributed by atoms with Gasteiger partial charge in [-0.1, -0.05) is 19.1 Å². The third-order valence-corrected chi connectivity index (χ3v) is 3.59. The highest BCUT2D eigenvalue weighted by Gasteiger charge is 2.05. The summed E-state index contributed by atoms with van der Waals surface area (Å²) in [5.41, 5.74) is 1.06. The van der Waals surface area contributed by atoms with Crippen molar-refractivity contribution in [2.24, 2.45) is 4.99 Å². The van der Waals surface area contributed by atoms with E-state index in [4.69, 9.17) is 0 Å². The van der Waals surface area contributed by atoms with Gasteiger partial charge in [0.1, 0.15) is 5.82 Å². The van der Waals surface area contributed by atoms with Gasteiger partial charge in [0.25, 0.3) is 0 Å². The van der Waals surface area contributed by atoms with Crippen LogP contribution in [0.2, 0.25) is 0 Å². The van der Waals surface area contributed by atoms with E-state index in [0.717, 1.165) is 24.9 Å². The number of hydrogen-bond donors (Lipinski definition) is 3. The molecule has 0 saturated carbocycles. The van der Waals surface area contributed by atoms with Crippen molar-refractivity contribution in [3.05, 3.63) is 35.6 Å². The maximum atomic E-state index is 12.9. The Morgan fingerprint density at radius 1 is 1.20 bits per heavy atom. The molecule has 0 heterocycles. The van der Waals surface area contributed by atoms with Gasteiger partial charge in [-0.25, -0.2) is 4.39 Å². The fraction of sp³-hybridized carbons (Fsp3) is 0.556. The zero-order valence-electron chi connectivity index (χ0n) is 15.3. The summed E-state index contributed by atoms with van der Waals surface area (Å²) in [6.45, 7) is 7.90. The Morgan fingerprint density at radius 3 is 2.48 bits per heavy atom. The number of guanidine groups is 1. The van der Waals surface area contributed by atoms with Gasteiger partial charge in [-0.15, -0.1) is 24.0 Å². The molecule has 25 heavy (non-hydrogen) atoms. The normalized spacial score (nSPS) is 12.1. The van der Waals surface area contributed by atoms with E-state index < -0.39 is 0 Å². The van der Waals surface area contributed by atoms with Crippen LogP contribution >= 0.6 is 24.0 Å². The number of benzene rings is 1. The van der Waals surface area contributed by atoms with Gasteiger partial charge in [-0.3, -0.25) is 9.79 Å². The van der Waals surface area contributed by atoms with Gasteiger partial charge in [0.15, 0.2) is 5.96 Å². The maximum Gasteiger partial charge on any atom is 0.222 e. The fourth-order valence-electron chi connectivity index (χ4n) is 2.04. The molecule has 0 aliphatic rings. The molecule has 1 atom stereocenters. The van der Waals surface area contributed by atoms with Crippen molar-refractivity contribution in [1.29, 1.82) is 0 Å². The molecule has 7 heteroatoms. The Bertz CT molecular complexity index is 522. The van der Waals surface area contributed by atoms with E-state index in [1.54, 1.807) is 12.1 Å². The monoisotopic (exact) mass is 464 g/mol. The van der Waals surface area contributed by atoms with Crippen LogP contribution in [0.1, 0.15) is 39.2 Å². The first kappa shape index (κ1) is 23.6. The van der Waals surface area contributed by atoms with E-state index >= 15 is 0 Å². The van der Waals surface area contributed by atoms with Gasteiger partial charge in [0.2, 0.25) is 5.91 Å². The molecule has 0 fully saturated rings. The number of nitrogens with one attached hydrogen (secondary N) is 3. The number of hydrogen-bond acceptors (Lipinski definition) is 2. The largest absolute Gasteiger partial charge is 0.357 e. The lowest BCUT2D eigenvalue weighted by molar-refractivity contribution is -0.121. The summed E-state index contributed by atoms with van der Waals surface area (Å²) in [7, 11) is 0. The van der Waals surface area contributed by atoms with Gasteiger partial charge in [0.05, 0.1) is 6.54 Å². The predicted octanol–water partition coefficient (Wildman–Crippen LogP) is 2.85. The summed E-state index contributed by atoms with van der Waals surface area (Å²) in [4.78, 5) is 16.1. The summed E-state index contributed by atoms with van der Waals surface area (Å²) in [5, 5.41) is 9.30. The van der Waals surface area contributed by atoms with Crippen molar-refractivity contribution in [1.82, 2.24) is 16.0 Å². The third-order valence-electron chi connectivity index (χ3n) is 3.59. The lowest BCUT2D eigenvalue weighted by Gasteiger charge is -2.12. The smallest absolute Gasteiger partial charge is 0.222 e. The van der Waals surface area contributed by atoms with Crippen LogP contribution in [-0.2, 0) is 11.2 Å². The van der Waals surface area contributed by atoms with E-state index in [1.165, 1.54) is 12.1 Å². The van der Waals surface area contributed by atoms with Gasteiger partial charge in [-0.2, -0.15) is 0 Å². The Balaban J connectivity index is 0.00000576. The first-order valence-corrected chi connectivity index (χ1v) is 8.61. The molecule has 0 aliphatic heterocycles. The molecule has 1 rings (SSSR count). The van der Waals surface area contributed by atoms with E-state index in [0.29, 0.717) is 25.5 Å². The molecule has 0 aromatic heterocycles. The van der Waals surface area contributed by atoms with Crippen molar-refractivity contribution in [3.8, 4) is 0 Å². The van der Waals surface area contributed by atoms with Crippen molar-refractivity contribution in [3.63, 3.8) is 0 Å². The second-order valence-corrected chi connectivity index (χ2v) is 5.69. The summed E-state index contributed by atoms with van der Waals surface area (Å²) in [5.74, 6) is 0.489. The lowest BCUT2D eigenvalue weighted by atomic mass is 10.1. The fourth-order valence-corrected chi connectivity index (χ4v) is 2.04. The molecular weight excluding hydrogens is 434 g/mol. The van der Waals surface area contributed by atoms with E-state index in [9.17, 15) is 9.18 Å². The van der Waals surface area contributed by atoms with E-state index in [-0.39, 0.29) is 41.7 Å². The molecule has 3 N–H and O–H groups in total. The molecule has 5 nitrogen and oxygen atoms in total. The minimum atomic E-state index is -0.225. The highest BCUT2D eigenvalue weighted by Crippen LogP contribution is 2.02. The lowest BCUT2D eigenvalue weighted by Crippen LogP contribution is -2.38. The molecule has 1 amide bonds. The quantitative estimate of drug-likeness (QED) is 0.299. The molecule has 1 aromatic rings. The van der Waals surface area contributed by atoms with Gasteiger partial charge >= 0.3 is 0 Å². The molecule has 0 spiro atoms. The molecule has 1 aromatic carbocycles. The second kappa shape index (κ2) is 13.9. The third kappa shape index (κ3) is 11.0. The number of carbonyl (C=O) groups excluding carboxylic acids is 1. The average Bonchev–Trinajstić information content (AvgIpc) is 2.56. The summed E-state index contributed by atoms with van der Waals surface area (Å²) >= 11 is 0. The zero-order valence-corrected chi connectivity index (χ0v) is 17.6. The second-order valence-electron chi connectivity index (χ2n) is 5.69. The molecule has 0 saturated heterocycles. The van der Waals surface area contributed by atoms with E-state index in [2.05, 4.69) is 20.9 Å². The molecule has 142 valence electrons. The van der Waals surface area contributed by atoms with Crippen LogP contribution in [0.25, 0.3) is 0 Å². The van der Waals surface area contributed by atoms with Crippen molar-refractivity contribution in [2.75, 3.05) is 19.6 Å². The SMILES string of the molecule is CCNC(=NCCC(=O)NC(C)CC)NCCc1ccc(F)cc1.I. The summed E-state index contributed by atoms with van der Waals surface area (Å²) < 4.78 is 12.9. The van der Waals surface area contributed by atoms with Crippen LogP contribution in [0.15, 0.2) is 29.3 Å². The Labute approximate surface area is 167 Å². The molecule has 0 radical (unpaired) electrons. The summed E-state index contributed by atoms with van der Waals surface area (Å²) in [6.07, 6.45) is 2.07. The zero-order chi connectivity index (χ0) is 17.8. The Morgan fingerprint density at radius 2 is 1.88 bits per heavy atom. The van der Waals surface area contributed by atoms with Crippen LogP contribution in [0.5, 0.6) is 0 Å². The number of carbonyl (C=O) groups is 1. The van der Waals surface area contributed by atoms with Crippen molar-refractivity contribution in [2.45, 2.75) is 46.1 Å². The Hall–Kier alpha value is -1.38. The van der Waals surface area contributed by atoms with Crippen LogP contribution in [0.4, 0.5) is 4.39 Å². The number of amides is 1. The molecule has 0 bridgehead atoms. The highest BCUT2D eigenvalue weighted by molar-refractivity contribution is 14.0. The standard InChI is InChI=1S/C18H29FN4O.HI/c1-4-14(3)23-17(24)11-13-22-18(20-5-2)21-12-10-15-6-8-16(19)9-7-15;/h6-9,14H,4-5,10-13H2,1-3H3,(H,23,24)(H2,20,21,22);1H. The van der Waals surface area contributed by atoms with Crippen molar-refractivity contribution < 1.29 is 9.18 Å². The number of halogens is 2. The van der Waals surface area contributed by atoms with Gasteiger partial charge < -0.3 is 16.0 Å². The number of rotatable bonds is 9. The van der Waals surface area contributed by atoms with Crippen LogP contribution in [0, 0.1) is 5.82 Å². The number of nitrogens with zero attached hydrogens (tertiary/aromatic N) is 1. The topological polar surface area (TPSA) is 65.5 Å². The minimum absolute atomic E-state index is 0. The van der Waals surface area contributed by atoms with Crippen LogP contribution in [0.3, 0.4) is 0 Å². The molecular formula is C18H30FIN4O. The van der Waals surface area contributed by atoms with Gasteiger partial charge in [0, 0.05) is 25.6 Å². The first-order valence-electron chi connectivity index (χ1n) is 8.61. The van der Waals surface area contributed by atoms with Crippen LogP contribution < -0.4 is 16.0 Å². The van der Waals surface area contributed by atoms with Crippen molar-refractivity contribution >= 4 is 35.8 Å². The molecule has 0 aliphatic carbocycles. The van der Waals surface area contributed by atoms with E-state index in [1.807, 2.05) is 20.8 Å². The molecule has 1 unspecified atom stereocenters. The Kier molecular flexibility index (Phi) is 13.1. The highest BCUT2D eigenvalue weighted by atomic mass is 127. The average molecular weight is 464 g/mol. The minimum Gasteiger partial charge on any atom is -0.357 e. The van der Waals surface area contributed by atoms with Crippen LogP contribution in [-0.4, -0.2) is 37.5 Å². The predicted molar refractivity (Wildman–Crippen MR) is 112 cm³/mol. The number of aliphatic imine (C=N–C) groups is 1.